The van der Waals surface area contributed by atoms with Gasteiger partial charge in [0.15, 0.2) is 5.69 Å². The van der Waals surface area contributed by atoms with E-state index < -0.39 is 33.5 Å². The van der Waals surface area contributed by atoms with Crippen LogP contribution in [0.25, 0.3) is 0 Å². The predicted molar refractivity (Wildman–Crippen MR) is 64.6 cm³/mol. The van der Waals surface area contributed by atoms with E-state index in [0.29, 0.717) is 0 Å². The zero-order chi connectivity index (χ0) is 17.3. The zero-order valence-electron chi connectivity index (χ0n) is 10.2. The lowest BCUT2D eigenvalue weighted by atomic mass is 10.1. The molecule has 1 rings (SSSR count). The molecule has 0 heterocycles. The molecule has 0 aliphatic carbocycles. The van der Waals surface area contributed by atoms with Crippen molar-refractivity contribution in [3.05, 3.63) is 29.5 Å². The number of benzene rings is 1. The van der Waals surface area contributed by atoms with Gasteiger partial charge in [0.2, 0.25) is 0 Å². The molecule has 0 radical (unpaired) electrons. The van der Waals surface area contributed by atoms with Crippen molar-refractivity contribution in [2.75, 3.05) is 5.32 Å². The maximum atomic E-state index is 12.6. The van der Waals surface area contributed by atoms with Gasteiger partial charge in [-0.25, -0.2) is 5.21 Å². The van der Waals surface area contributed by atoms with Gasteiger partial charge in [0.05, 0.1) is 0 Å². The van der Waals surface area contributed by atoms with Crippen molar-refractivity contribution >= 4 is 33.2 Å². The van der Waals surface area contributed by atoms with Crippen molar-refractivity contribution in [2.45, 2.75) is 16.7 Å². The summed E-state index contributed by atoms with van der Waals surface area (Å²) in [6.45, 7) is 0. The number of hydrogen-bond acceptors (Lipinski definition) is 3. The average molecular weight is 397 g/mol. The molecule has 1 unspecified atom stereocenters. The minimum absolute atomic E-state index is 0.255. The molecular formula is C10H7BrF6N2O3. The minimum Gasteiger partial charge on any atom is -0.595 e. The number of halogens is 7. The molecule has 0 saturated carbocycles. The van der Waals surface area contributed by atoms with Gasteiger partial charge in [0.25, 0.3) is 10.2 Å². The van der Waals surface area contributed by atoms with Crippen molar-refractivity contribution < 1.29 is 41.6 Å². The third-order valence-electron chi connectivity index (χ3n) is 2.48. The number of carbonyl (C=O) groups is 1. The Labute approximate surface area is 127 Å². The van der Waals surface area contributed by atoms with E-state index in [-0.39, 0.29) is 5.69 Å². The number of hydrogen-bond donors (Lipinski definition) is 3. The Hall–Kier alpha value is -1.37. The lowest BCUT2D eigenvalue weighted by molar-refractivity contribution is -0.991. The first-order chi connectivity index (χ1) is 9.80. The summed E-state index contributed by atoms with van der Waals surface area (Å²) in [6, 6.07) is 3.55. The van der Waals surface area contributed by atoms with E-state index in [0.717, 1.165) is 24.3 Å². The fraction of sp³-hybridized carbons (Fsp3) is 0.300. The van der Waals surface area contributed by atoms with Crippen LogP contribution in [0.2, 0.25) is 0 Å². The average Bonchev–Trinajstić information content (AvgIpc) is 2.35. The molecule has 0 saturated heterocycles. The van der Waals surface area contributed by atoms with Crippen LogP contribution in [-0.4, -0.2) is 27.8 Å². The molecule has 1 aromatic rings. The Morgan fingerprint density at radius 2 is 1.50 bits per heavy atom. The van der Waals surface area contributed by atoms with Crippen LogP contribution < -0.4 is 10.5 Å². The van der Waals surface area contributed by atoms with E-state index in [2.05, 4.69) is 0 Å². The second kappa shape index (κ2) is 6.02. The van der Waals surface area contributed by atoms with Crippen LogP contribution in [-0.2, 0) is 4.79 Å². The van der Waals surface area contributed by atoms with Gasteiger partial charge < -0.3 is 10.5 Å². The predicted octanol–water partition coefficient (Wildman–Crippen LogP) is 2.29. The third-order valence-corrected chi connectivity index (χ3v) is 3.74. The smallest absolute Gasteiger partial charge is 0.421 e. The fourth-order valence-corrected chi connectivity index (χ4v) is 1.43. The first-order valence-electron chi connectivity index (χ1n) is 5.28. The molecule has 0 aromatic heterocycles. The van der Waals surface area contributed by atoms with Crippen molar-refractivity contribution in [3.8, 4) is 0 Å². The summed E-state index contributed by atoms with van der Waals surface area (Å²) >= 11 is 1.43. The Bertz CT molecular complexity index is 529. The lowest BCUT2D eigenvalue weighted by Gasteiger charge is -2.30. The molecule has 12 heteroatoms. The SMILES string of the molecule is O=C(Nc1ccc([NH+]([O-])O)cc1)C(Br)(C(F)(F)F)C(F)(F)F. The van der Waals surface area contributed by atoms with Crippen LogP contribution in [0.3, 0.4) is 0 Å². The highest BCUT2D eigenvalue weighted by Gasteiger charge is 2.74. The van der Waals surface area contributed by atoms with Crippen LogP contribution in [0.4, 0.5) is 37.7 Å². The van der Waals surface area contributed by atoms with E-state index >= 15 is 0 Å². The van der Waals surface area contributed by atoms with E-state index in [1.807, 2.05) is 0 Å². The molecule has 3 N–H and O–H groups in total. The van der Waals surface area contributed by atoms with Crippen molar-refractivity contribution in [1.29, 1.82) is 0 Å². The summed E-state index contributed by atoms with van der Waals surface area (Å²) < 4.78 is 70.9. The van der Waals surface area contributed by atoms with E-state index in [9.17, 15) is 36.3 Å². The molecule has 5 nitrogen and oxygen atoms in total. The second-order valence-electron chi connectivity index (χ2n) is 3.99. The van der Waals surface area contributed by atoms with Crippen LogP contribution in [0.15, 0.2) is 24.3 Å². The number of rotatable bonds is 3. The van der Waals surface area contributed by atoms with Crippen LogP contribution in [0.1, 0.15) is 0 Å². The van der Waals surface area contributed by atoms with Gasteiger partial charge in [0.1, 0.15) is 0 Å². The second-order valence-corrected chi connectivity index (χ2v) is 5.18. The Morgan fingerprint density at radius 3 is 1.82 bits per heavy atom. The third kappa shape index (κ3) is 3.51. The molecule has 0 aliphatic heterocycles. The van der Waals surface area contributed by atoms with Crippen molar-refractivity contribution in [1.82, 2.24) is 0 Å². The molecule has 1 amide bonds. The van der Waals surface area contributed by atoms with E-state index in [1.165, 1.54) is 21.2 Å². The number of anilines is 1. The number of quaternary nitrogens is 1. The Morgan fingerprint density at radius 1 is 1.09 bits per heavy atom. The summed E-state index contributed by atoms with van der Waals surface area (Å²) in [5.74, 6) is -2.39. The summed E-state index contributed by atoms with van der Waals surface area (Å²) in [7, 11) is 0. The van der Waals surface area contributed by atoms with Gasteiger partial charge in [-0.3, -0.25) is 4.79 Å². The van der Waals surface area contributed by atoms with Crippen molar-refractivity contribution in [2.24, 2.45) is 0 Å². The quantitative estimate of drug-likeness (QED) is 0.416. The normalized spacial score (nSPS) is 14.6. The van der Waals surface area contributed by atoms with Gasteiger partial charge in [-0.2, -0.15) is 31.6 Å². The Kier molecular flexibility index (Phi) is 5.11. The van der Waals surface area contributed by atoms with Gasteiger partial charge in [0, 0.05) is 17.8 Å². The van der Waals surface area contributed by atoms with Gasteiger partial charge in [-0.05, 0) is 12.1 Å². The monoisotopic (exact) mass is 396 g/mol. The van der Waals surface area contributed by atoms with Gasteiger partial charge in [-0.1, -0.05) is 15.9 Å². The molecule has 124 valence electrons. The molecule has 1 aromatic carbocycles. The highest BCUT2D eigenvalue weighted by Crippen LogP contribution is 2.50. The Balaban J connectivity index is 3.08. The summed E-state index contributed by atoms with van der Waals surface area (Å²) in [4.78, 5) is 11.4. The van der Waals surface area contributed by atoms with Crippen LogP contribution >= 0.6 is 15.9 Å². The maximum absolute atomic E-state index is 12.6. The summed E-state index contributed by atoms with van der Waals surface area (Å²) in [6.07, 6.45) is -11.9. The topological polar surface area (TPSA) is 76.8 Å². The first kappa shape index (κ1) is 18.7. The number of nitrogens with one attached hydrogen (secondary N) is 2. The minimum atomic E-state index is -5.93. The first-order valence-corrected chi connectivity index (χ1v) is 6.07. The molecule has 0 spiro atoms. The highest BCUT2D eigenvalue weighted by molar-refractivity contribution is 9.10. The van der Waals surface area contributed by atoms with Gasteiger partial charge in [-0.15, -0.1) is 0 Å². The van der Waals surface area contributed by atoms with E-state index in [1.54, 1.807) is 0 Å². The highest BCUT2D eigenvalue weighted by atomic mass is 79.9. The summed E-state index contributed by atoms with van der Waals surface area (Å²) in [5, 5.41) is 19.3. The van der Waals surface area contributed by atoms with Crippen LogP contribution in [0, 0.1) is 5.21 Å². The molecule has 0 bridgehead atoms. The van der Waals surface area contributed by atoms with E-state index in [4.69, 9.17) is 5.21 Å². The maximum Gasteiger partial charge on any atom is 0.421 e. The largest absolute Gasteiger partial charge is 0.595 e. The lowest BCUT2D eigenvalue weighted by Crippen LogP contribution is -2.99. The molecule has 0 fully saturated rings. The van der Waals surface area contributed by atoms with Crippen LogP contribution in [0.5, 0.6) is 0 Å². The molecule has 22 heavy (non-hydrogen) atoms. The zero-order valence-corrected chi connectivity index (χ0v) is 11.8. The standard InChI is InChI=1S/C10H7BrF6N2O3/c11-8(9(12,13)14,10(15,16)17)7(20)18-5-1-3-6(4-2-5)19(21)22/h1-4,19,21H,(H,18,20). The number of alkyl halides is 7. The van der Waals surface area contributed by atoms with Gasteiger partial charge >= 0.3 is 12.4 Å². The number of amides is 1. The molecule has 0 aliphatic rings. The number of carbonyl (C=O) groups excluding carboxylic acids is 1. The van der Waals surface area contributed by atoms with Crippen molar-refractivity contribution in [3.63, 3.8) is 0 Å². The molecular weight excluding hydrogens is 390 g/mol. The molecule has 1 atom stereocenters. The summed E-state index contributed by atoms with van der Waals surface area (Å²) in [5.41, 5.74) is -0.679. The fourth-order valence-electron chi connectivity index (χ4n) is 1.33.